The third-order valence-electron chi connectivity index (χ3n) is 2.36. The van der Waals surface area contributed by atoms with Crippen LogP contribution in [0.4, 0.5) is 18.3 Å². The van der Waals surface area contributed by atoms with Gasteiger partial charge in [0, 0.05) is 5.02 Å². The molecule has 1 heterocycles. The van der Waals surface area contributed by atoms with Gasteiger partial charge in [0.15, 0.2) is 0 Å². The van der Waals surface area contributed by atoms with Crippen LogP contribution >= 0.6 is 22.9 Å². The Morgan fingerprint density at radius 2 is 2.05 bits per heavy atom. The lowest BCUT2D eigenvalue weighted by molar-refractivity contribution is -0.138. The van der Waals surface area contributed by atoms with Gasteiger partial charge in [-0.05, 0) is 24.6 Å². The predicted octanol–water partition coefficient (Wildman–Crippen LogP) is 4.38. The molecule has 2 aromatic rings. The number of nitrogens with one attached hydrogen (secondary N) is 1. The first kappa shape index (κ1) is 14.1. The minimum absolute atomic E-state index is 0.125. The highest BCUT2D eigenvalue weighted by Gasteiger charge is 2.35. The molecule has 0 amide bonds. The van der Waals surface area contributed by atoms with E-state index in [4.69, 9.17) is 11.6 Å². The highest BCUT2D eigenvalue weighted by atomic mass is 35.5. The summed E-state index contributed by atoms with van der Waals surface area (Å²) < 4.78 is 37.1. The summed E-state index contributed by atoms with van der Waals surface area (Å²) in [6.45, 7) is 1.81. The zero-order valence-electron chi connectivity index (χ0n) is 9.70. The van der Waals surface area contributed by atoms with Gasteiger partial charge in [-0.15, -0.1) is 10.2 Å². The second-order valence-electron chi connectivity index (χ2n) is 3.83. The van der Waals surface area contributed by atoms with Crippen LogP contribution in [0, 0.1) is 0 Å². The van der Waals surface area contributed by atoms with E-state index in [0.717, 1.165) is 5.56 Å². The Hall–Kier alpha value is -1.34. The number of alkyl halides is 3. The summed E-state index contributed by atoms with van der Waals surface area (Å²) in [7, 11) is 0. The Labute approximate surface area is 116 Å². The van der Waals surface area contributed by atoms with Gasteiger partial charge in [-0.1, -0.05) is 35.1 Å². The zero-order chi connectivity index (χ0) is 14.0. The number of benzene rings is 1. The lowest BCUT2D eigenvalue weighted by atomic mass is 10.1. The van der Waals surface area contributed by atoms with Crippen molar-refractivity contribution in [2.75, 3.05) is 5.32 Å². The summed E-state index contributed by atoms with van der Waals surface area (Å²) in [6, 6.07) is 6.86. The molecule has 0 fully saturated rings. The fourth-order valence-corrected chi connectivity index (χ4v) is 2.34. The Morgan fingerprint density at radius 1 is 1.32 bits per heavy atom. The van der Waals surface area contributed by atoms with E-state index in [1.807, 2.05) is 6.07 Å². The van der Waals surface area contributed by atoms with Crippen LogP contribution < -0.4 is 5.32 Å². The number of halogens is 4. The van der Waals surface area contributed by atoms with Gasteiger partial charge in [-0.3, -0.25) is 0 Å². The largest absolute Gasteiger partial charge is 0.445 e. The average Bonchev–Trinajstić information content (AvgIpc) is 2.77. The maximum absolute atomic E-state index is 12.4. The minimum atomic E-state index is -4.46. The third-order valence-corrected chi connectivity index (χ3v) is 3.49. The summed E-state index contributed by atoms with van der Waals surface area (Å²) >= 11 is 6.33. The van der Waals surface area contributed by atoms with Crippen LogP contribution in [0.25, 0.3) is 0 Å². The summed E-state index contributed by atoms with van der Waals surface area (Å²) in [5.41, 5.74) is 0.858. The fraction of sp³-hybridized carbons (Fsp3) is 0.273. The van der Waals surface area contributed by atoms with Crippen molar-refractivity contribution < 1.29 is 13.2 Å². The maximum atomic E-state index is 12.4. The average molecular weight is 308 g/mol. The second kappa shape index (κ2) is 5.34. The van der Waals surface area contributed by atoms with E-state index in [1.165, 1.54) is 0 Å². The molecule has 102 valence electrons. The van der Waals surface area contributed by atoms with Crippen molar-refractivity contribution >= 4 is 28.1 Å². The number of nitrogens with zero attached hydrogens (tertiary/aromatic N) is 2. The van der Waals surface area contributed by atoms with E-state index in [-0.39, 0.29) is 11.2 Å². The van der Waals surface area contributed by atoms with Gasteiger partial charge in [0.2, 0.25) is 10.1 Å². The van der Waals surface area contributed by atoms with Crippen molar-refractivity contribution in [3.8, 4) is 0 Å². The Kier molecular flexibility index (Phi) is 3.96. The third kappa shape index (κ3) is 3.57. The summed E-state index contributed by atoms with van der Waals surface area (Å²) in [6.07, 6.45) is -4.46. The van der Waals surface area contributed by atoms with Gasteiger partial charge < -0.3 is 5.32 Å². The maximum Gasteiger partial charge on any atom is 0.445 e. The van der Waals surface area contributed by atoms with Crippen LogP contribution in [0.2, 0.25) is 5.02 Å². The molecule has 0 aliphatic heterocycles. The second-order valence-corrected chi connectivity index (χ2v) is 5.25. The number of aromatic nitrogens is 2. The van der Waals surface area contributed by atoms with Crippen LogP contribution in [0.5, 0.6) is 0 Å². The van der Waals surface area contributed by atoms with Crippen LogP contribution in [-0.4, -0.2) is 10.2 Å². The van der Waals surface area contributed by atoms with Gasteiger partial charge in [0.1, 0.15) is 0 Å². The molecule has 0 aliphatic rings. The molecule has 3 nitrogen and oxygen atoms in total. The van der Waals surface area contributed by atoms with Crippen molar-refractivity contribution in [1.82, 2.24) is 10.2 Å². The first-order valence-electron chi connectivity index (χ1n) is 5.29. The molecule has 1 aromatic carbocycles. The predicted molar refractivity (Wildman–Crippen MR) is 68.4 cm³/mol. The van der Waals surface area contributed by atoms with Crippen molar-refractivity contribution in [3.63, 3.8) is 0 Å². The van der Waals surface area contributed by atoms with Crippen molar-refractivity contribution in [1.29, 1.82) is 0 Å². The van der Waals surface area contributed by atoms with E-state index >= 15 is 0 Å². The highest BCUT2D eigenvalue weighted by molar-refractivity contribution is 7.15. The molecule has 0 radical (unpaired) electrons. The molecular weight excluding hydrogens is 299 g/mol. The lowest BCUT2D eigenvalue weighted by Crippen LogP contribution is -2.06. The summed E-state index contributed by atoms with van der Waals surface area (Å²) in [5.74, 6) is 0. The first-order chi connectivity index (χ1) is 8.86. The van der Waals surface area contributed by atoms with Crippen LogP contribution in [0.3, 0.4) is 0 Å². The van der Waals surface area contributed by atoms with E-state index in [0.29, 0.717) is 16.4 Å². The first-order valence-corrected chi connectivity index (χ1v) is 6.48. The SMILES string of the molecule is CC(Nc1nnc(C(F)(F)F)s1)c1cccc(Cl)c1. The van der Waals surface area contributed by atoms with E-state index in [1.54, 1.807) is 25.1 Å². The number of anilines is 1. The van der Waals surface area contributed by atoms with Crippen molar-refractivity contribution in [2.24, 2.45) is 0 Å². The lowest BCUT2D eigenvalue weighted by Gasteiger charge is -2.12. The number of rotatable bonds is 3. The quantitative estimate of drug-likeness (QED) is 0.914. The molecule has 1 N–H and O–H groups in total. The minimum Gasteiger partial charge on any atom is -0.354 e. The highest BCUT2D eigenvalue weighted by Crippen LogP contribution is 2.34. The number of hydrogen-bond donors (Lipinski definition) is 1. The molecule has 1 atom stereocenters. The Morgan fingerprint density at radius 3 is 2.63 bits per heavy atom. The molecule has 0 spiro atoms. The van der Waals surface area contributed by atoms with Crippen LogP contribution in [0.15, 0.2) is 24.3 Å². The van der Waals surface area contributed by atoms with E-state index in [2.05, 4.69) is 15.5 Å². The van der Waals surface area contributed by atoms with Gasteiger partial charge in [0.05, 0.1) is 6.04 Å². The van der Waals surface area contributed by atoms with Crippen molar-refractivity contribution in [2.45, 2.75) is 19.1 Å². The molecule has 0 bridgehead atoms. The molecule has 2 rings (SSSR count). The molecule has 0 aliphatic carbocycles. The molecule has 8 heteroatoms. The van der Waals surface area contributed by atoms with Gasteiger partial charge in [0.25, 0.3) is 0 Å². The fourth-order valence-electron chi connectivity index (χ4n) is 1.44. The van der Waals surface area contributed by atoms with E-state index < -0.39 is 11.2 Å². The van der Waals surface area contributed by atoms with Crippen LogP contribution in [0.1, 0.15) is 23.5 Å². The van der Waals surface area contributed by atoms with Crippen LogP contribution in [-0.2, 0) is 6.18 Å². The van der Waals surface area contributed by atoms with Crippen molar-refractivity contribution in [3.05, 3.63) is 39.9 Å². The molecule has 1 unspecified atom stereocenters. The molecule has 0 saturated heterocycles. The standard InChI is InChI=1S/C11H9ClF3N3S/c1-6(7-3-2-4-8(12)5-7)16-10-18-17-9(19-10)11(13,14)15/h2-6H,1H3,(H,16,18). The normalized spacial score (nSPS) is 13.3. The Bertz CT molecular complexity index is 570. The van der Waals surface area contributed by atoms with Gasteiger partial charge in [-0.2, -0.15) is 13.2 Å². The topological polar surface area (TPSA) is 37.8 Å². The molecule has 19 heavy (non-hydrogen) atoms. The number of hydrogen-bond acceptors (Lipinski definition) is 4. The van der Waals surface area contributed by atoms with Gasteiger partial charge >= 0.3 is 6.18 Å². The molecule has 1 aromatic heterocycles. The summed E-state index contributed by atoms with van der Waals surface area (Å²) in [4.78, 5) is 0. The Balaban J connectivity index is 2.11. The van der Waals surface area contributed by atoms with Gasteiger partial charge in [-0.25, -0.2) is 0 Å². The molecule has 0 saturated carbocycles. The zero-order valence-corrected chi connectivity index (χ0v) is 11.3. The molecular formula is C11H9ClF3N3S. The monoisotopic (exact) mass is 307 g/mol. The smallest absolute Gasteiger partial charge is 0.354 e. The van der Waals surface area contributed by atoms with E-state index in [9.17, 15) is 13.2 Å². The summed E-state index contributed by atoms with van der Waals surface area (Å²) in [5, 5.41) is 9.17.